The number of hydrogen-bond acceptors (Lipinski definition) is 4. The molecule has 1 saturated carbocycles. The van der Waals surface area contributed by atoms with Crippen LogP contribution in [-0.2, 0) is 13.2 Å². The molecule has 148 valence electrons. The SMILES string of the molecule is Cc1c(C(C)NC(=O)c2cc3nc(C4CC4)cc(C(F)(F)F)n3n2)cnn1C. The zero-order valence-corrected chi connectivity index (χ0v) is 15.6. The molecule has 0 aliphatic heterocycles. The van der Waals surface area contributed by atoms with Gasteiger partial charge in [0, 0.05) is 36.0 Å². The summed E-state index contributed by atoms with van der Waals surface area (Å²) in [6.45, 7) is 3.65. The van der Waals surface area contributed by atoms with Gasteiger partial charge in [-0.2, -0.15) is 23.4 Å². The predicted octanol–water partition coefficient (Wildman–Crippen LogP) is 3.16. The van der Waals surface area contributed by atoms with Crippen LogP contribution >= 0.6 is 0 Å². The highest BCUT2D eigenvalue weighted by Crippen LogP contribution is 2.41. The van der Waals surface area contributed by atoms with Crippen molar-refractivity contribution in [2.24, 2.45) is 7.05 Å². The van der Waals surface area contributed by atoms with E-state index in [0.717, 1.165) is 30.2 Å². The van der Waals surface area contributed by atoms with Crippen LogP contribution in [0.2, 0.25) is 0 Å². The van der Waals surface area contributed by atoms with Crippen molar-refractivity contribution >= 4 is 11.6 Å². The monoisotopic (exact) mass is 392 g/mol. The Hall–Kier alpha value is -2.91. The van der Waals surface area contributed by atoms with E-state index >= 15 is 0 Å². The van der Waals surface area contributed by atoms with Gasteiger partial charge >= 0.3 is 6.18 Å². The van der Waals surface area contributed by atoms with Gasteiger partial charge in [0.1, 0.15) is 5.69 Å². The third-order valence-electron chi connectivity index (χ3n) is 5.05. The third-order valence-corrected chi connectivity index (χ3v) is 5.05. The van der Waals surface area contributed by atoms with Gasteiger partial charge in [-0.3, -0.25) is 9.48 Å². The second-order valence-electron chi connectivity index (χ2n) is 7.14. The number of nitrogens with one attached hydrogen (secondary N) is 1. The van der Waals surface area contributed by atoms with E-state index in [2.05, 4.69) is 20.5 Å². The van der Waals surface area contributed by atoms with Crippen LogP contribution in [0.1, 0.15) is 64.9 Å². The number of alkyl halides is 3. The van der Waals surface area contributed by atoms with Crippen LogP contribution in [0.4, 0.5) is 13.2 Å². The number of nitrogens with zero attached hydrogens (tertiary/aromatic N) is 5. The fourth-order valence-electron chi connectivity index (χ4n) is 3.18. The summed E-state index contributed by atoms with van der Waals surface area (Å²) < 4.78 is 42.8. The molecule has 4 rings (SSSR count). The van der Waals surface area contributed by atoms with E-state index in [0.29, 0.717) is 10.2 Å². The maximum atomic E-state index is 13.5. The van der Waals surface area contributed by atoms with Gasteiger partial charge in [-0.15, -0.1) is 0 Å². The first-order valence-electron chi connectivity index (χ1n) is 8.92. The first-order valence-corrected chi connectivity index (χ1v) is 8.92. The molecular formula is C18H19F3N6O. The Morgan fingerprint density at radius 1 is 1.32 bits per heavy atom. The summed E-state index contributed by atoms with van der Waals surface area (Å²) in [4.78, 5) is 16.9. The van der Waals surface area contributed by atoms with Gasteiger partial charge < -0.3 is 5.32 Å². The van der Waals surface area contributed by atoms with Gasteiger partial charge in [0.25, 0.3) is 5.91 Å². The Labute approximate surface area is 158 Å². The minimum atomic E-state index is -4.59. The number of carbonyl (C=O) groups excluding carboxylic acids is 1. The van der Waals surface area contributed by atoms with Gasteiger partial charge in [-0.25, -0.2) is 9.50 Å². The molecule has 1 fully saturated rings. The van der Waals surface area contributed by atoms with Crippen LogP contribution in [0, 0.1) is 6.92 Å². The molecule has 0 saturated heterocycles. The molecule has 3 aromatic rings. The minimum Gasteiger partial charge on any atom is -0.344 e. The molecule has 0 radical (unpaired) electrons. The van der Waals surface area contributed by atoms with Crippen molar-refractivity contribution in [2.75, 3.05) is 0 Å². The molecule has 1 atom stereocenters. The van der Waals surface area contributed by atoms with E-state index in [4.69, 9.17) is 0 Å². The average Bonchev–Trinajstić information content (AvgIpc) is 3.29. The fourth-order valence-corrected chi connectivity index (χ4v) is 3.18. The Balaban J connectivity index is 1.67. The summed E-state index contributed by atoms with van der Waals surface area (Å²) in [6.07, 6.45) is -1.30. The van der Waals surface area contributed by atoms with Crippen molar-refractivity contribution in [3.8, 4) is 0 Å². The summed E-state index contributed by atoms with van der Waals surface area (Å²) in [5.74, 6) is -0.519. The smallest absolute Gasteiger partial charge is 0.344 e. The summed E-state index contributed by atoms with van der Waals surface area (Å²) in [6, 6.07) is 1.95. The van der Waals surface area contributed by atoms with Crippen LogP contribution in [0.15, 0.2) is 18.3 Å². The first-order chi connectivity index (χ1) is 13.1. The molecular weight excluding hydrogens is 373 g/mol. The van der Waals surface area contributed by atoms with E-state index in [1.54, 1.807) is 24.9 Å². The third kappa shape index (κ3) is 3.23. The molecule has 0 bridgehead atoms. The summed E-state index contributed by atoms with van der Waals surface area (Å²) >= 11 is 0. The number of aromatic nitrogens is 5. The van der Waals surface area contributed by atoms with Crippen LogP contribution in [0.25, 0.3) is 5.65 Å². The lowest BCUT2D eigenvalue weighted by Gasteiger charge is -2.12. The molecule has 1 unspecified atom stereocenters. The Morgan fingerprint density at radius 2 is 2.04 bits per heavy atom. The summed E-state index contributed by atoms with van der Waals surface area (Å²) in [7, 11) is 1.79. The molecule has 1 aliphatic carbocycles. The van der Waals surface area contributed by atoms with E-state index in [1.165, 1.54) is 6.07 Å². The molecule has 0 spiro atoms. The van der Waals surface area contributed by atoms with Crippen molar-refractivity contribution in [1.82, 2.24) is 29.7 Å². The number of fused-ring (bicyclic) bond motifs is 1. The fraction of sp³-hybridized carbons (Fsp3) is 0.444. The largest absolute Gasteiger partial charge is 0.433 e. The quantitative estimate of drug-likeness (QED) is 0.740. The van der Waals surface area contributed by atoms with E-state index in [9.17, 15) is 18.0 Å². The lowest BCUT2D eigenvalue weighted by atomic mass is 10.1. The maximum Gasteiger partial charge on any atom is 0.433 e. The second kappa shape index (κ2) is 6.32. The second-order valence-corrected chi connectivity index (χ2v) is 7.14. The van der Waals surface area contributed by atoms with Crippen molar-refractivity contribution in [3.05, 3.63) is 46.7 Å². The molecule has 1 amide bonds. The minimum absolute atomic E-state index is 0.0205. The van der Waals surface area contributed by atoms with Crippen LogP contribution in [0.3, 0.4) is 0 Å². The predicted molar refractivity (Wildman–Crippen MR) is 93.8 cm³/mol. The highest BCUT2D eigenvalue weighted by atomic mass is 19.4. The molecule has 28 heavy (non-hydrogen) atoms. The van der Waals surface area contributed by atoms with Gasteiger partial charge in [-0.1, -0.05) is 0 Å². The molecule has 3 heterocycles. The summed E-state index contributed by atoms with van der Waals surface area (Å²) in [5.41, 5.74) is 1.09. The number of rotatable bonds is 4. The number of halogens is 3. The topological polar surface area (TPSA) is 77.1 Å². The Morgan fingerprint density at radius 3 is 2.61 bits per heavy atom. The number of carbonyl (C=O) groups is 1. The Kier molecular flexibility index (Phi) is 4.16. The lowest BCUT2D eigenvalue weighted by molar-refractivity contribution is -0.142. The molecule has 10 heteroatoms. The number of amides is 1. The molecule has 0 aromatic carbocycles. The maximum absolute atomic E-state index is 13.5. The van der Waals surface area contributed by atoms with Crippen LogP contribution < -0.4 is 5.32 Å². The average molecular weight is 392 g/mol. The lowest BCUT2D eigenvalue weighted by Crippen LogP contribution is -2.27. The van der Waals surface area contributed by atoms with Crippen LogP contribution in [-0.4, -0.2) is 30.3 Å². The van der Waals surface area contributed by atoms with Gasteiger partial charge in [0.15, 0.2) is 11.3 Å². The van der Waals surface area contributed by atoms with E-state index < -0.39 is 17.8 Å². The van der Waals surface area contributed by atoms with Crippen molar-refractivity contribution in [3.63, 3.8) is 0 Å². The molecule has 1 aliphatic rings. The van der Waals surface area contributed by atoms with Crippen molar-refractivity contribution in [1.29, 1.82) is 0 Å². The summed E-state index contributed by atoms with van der Waals surface area (Å²) in [5, 5.41) is 10.8. The van der Waals surface area contributed by atoms with Crippen molar-refractivity contribution < 1.29 is 18.0 Å². The van der Waals surface area contributed by atoms with E-state index in [1.807, 2.05) is 6.92 Å². The highest BCUT2D eigenvalue weighted by Gasteiger charge is 2.37. The molecule has 3 aromatic heterocycles. The molecule has 1 N–H and O–H groups in total. The zero-order chi connectivity index (χ0) is 20.2. The Bertz CT molecular complexity index is 1060. The number of aryl methyl sites for hydroxylation is 1. The van der Waals surface area contributed by atoms with Crippen LogP contribution in [0.5, 0.6) is 0 Å². The van der Waals surface area contributed by atoms with Crippen molar-refractivity contribution in [2.45, 2.75) is 44.8 Å². The number of hydrogen-bond donors (Lipinski definition) is 1. The van der Waals surface area contributed by atoms with Gasteiger partial charge in [0.2, 0.25) is 0 Å². The normalized spacial score (nSPS) is 15.8. The first kappa shape index (κ1) is 18.5. The van der Waals surface area contributed by atoms with Gasteiger partial charge in [0.05, 0.1) is 12.2 Å². The standard InChI is InChI=1S/C18H19F3N6O/c1-9(12-8-22-26(3)10(12)2)23-17(28)14-7-16-24-13(11-4-5-11)6-15(18(19,20)21)27(16)25-14/h6-9,11H,4-5H2,1-3H3,(H,23,28). The van der Waals surface area contributed by atoms with E-state index in [-0.39, 0.29) is 23.3 Å². The van der Waals surface area contributed by atoms with Gasteiger partial charge in [-0.05, 0) is 32.8 Å². The zero-order valence-electron chi connectivity index (χ0n) is 15.6. The highest BCUT2D eigenvalue weighted by molar-refractivity contribution is 5.93. The molecule has 7 nitrogen and oxygen atoms in total.